The van der Waals surface area contributed by atoms with Crippen molar-refractivity contribution in [3.8, 4) is 0 Å². The fourth-order valence-corrected chi connectivity index (χ4v) is 4.10. The summed E-state index contributed by atoms with van der Waals surface area (Å²) in [5.74, 6) is 1.43. The number of rotatable bonds is 5. The van der Waals surface area contributed by atoms with Gasteiger partial charge in [-0.25, -0.2) is 0 Å². The first-order chi connectivity index (χ1) is 10.2. The lowest BCUT2D eigenvalue weighted by Crippen LogP contribution is -2.09. The standard InChI is InChI=1S/C18H19BrOS/c19-16-6-1-2-7-18(16)21-12-17(20)15-10-8-14(9-11-15)13-4-3-5-13/h1-2,6-11,13,17,20H,3-5,12H2. The summed E-state index contributed by atoms with van der Waals surface area (Å²) in [5, 5.41) is 10.3. The van der Waals surface area contributed by atoms with Crippen molar-refractivity contribution in [3.05, 3.63) is 64.1 Å². The van der Waals surface area contributed by atoms with E-state index in [2.05, 4.69) is 46.3 Å². The Morgan fingerprint density at radius 3 is 2.43 bits per heavy atom. The zero-order valence-corrected chi connectivity index (χ0v) is 14.2. The van der Waals surface area contributed by atoms with E-state index in [1.54, 1.807) is 11.8 Å². The van der Waals surface area contributed by atoms with E-state index in [0.717, 1.165) is 16.0 Å². The molecule has 3 heteroatoms. The van der Waals surface area contributed by atoms with Crippen LogP contribution in [0.2, 0.25) is 0 Å². The molecule has 0 heterocycles. The molecule has 2 aromatic rings. The van der Waals surface area contributed by atoms with Gasteiger partial charge in [0, 0.05) is 15.1 Å². The molecule has 1 fully saturated rings. The van der Waals surface area contributed by atoms with Gasteiger partial charge in [-0.2, -0.15) is 0 Å². The number of benzene rings is 2. The van der Waals surface area contributed by atoms with Crippen LogP contribution in [0.3, 0.4) is 0 Å². The van der Waals surface area contributed by atoms with Crippen molar-refractivity contribution in [2.75, 3.05) is 5.75 Å². The minimum Gasteiger partial charge on any atom is -0.388 e. The van der Waals surface area contributed by atoms with Crippen molar-refractivity contribution >= 4 is 27.7 Å². The highest BCUT2D eigenvalue weighted by atomic mass is 79.9. The molecule has 1 unspecified atom stereocenters. The van der Waals surface area contributed by atoms with Gasteiger partial charge in [0.1, 0.15) is 0 Å². The second-order valence-corrected chi connectivity index (χ2v) is 7.47. The molecule has 0 aromatic heterocycles. The lowest BCUT2D eigenvalue weighted by molar-refractivity contribution is 0.204. The second kappa shape index (κ2) is 6.99. The van der Waals surface area contributed by atoms with Gasteiger partial charge in [-0.05, 0) is 57.9 Å². The average Bonchev–Trinajstić information content (AvgIpc) is 2.45. The third kappa shape index (κ3) is 3.71. The highest BCUT2D eigenvalue weighted by Gasteiger charge is 2.19. The lowest BCUT2D eigenvalue weighted by atomic mass is 9.80. The van der Waals surface area contributed by atoms with Crippen LogP contribution in [0.15, 0.2) is 57.9 Å². The molecule has 0 saturated heterocycles. The van der Waals surface area contributed by atoms with Crippen LogP contribution in [-0.2, 0) is 0 Å². The van der Waals surface area contributed by atoms with Gasteiger partial charge >= 0.3 is 0 Å². The van der Waals surface area contributed by atoms with Crippen LogP contribution >= 0.6 is 27.7 Å². The van der Waals surface area contributed by atoms with Gasteiger partial charge in [0.05, 0.1) is 6.10 Å². The van der Waals surface area contributed by atoms with Crippen molar-refractivity contribution in [1.82, 2.24) is 0 Å². The van der Waals surface area contributed by atoms with Gasteiger partial charge in [0.2, 0.25) is 0 Å². The molecule has 1 atom stereocenters. The van der Waals surface area contributed by atoms with Crippen LogP contribution < -0.4 is 0 Å². The van der Waals surface area contributed by atoms with Crippen LogP contribution in [0.1, 0.15) is 42.4 Å². The first-order valence-electron chi connectivity index (χ1n) is 7.39. The van der Waals surface area contributed by atoms with E-state index in [4.69, 9.17) is 0 Å². The molecule has 21 heavy (non-hydrogen) atoms. The smallest absolute Gasteiger partial charge is 0.0883 e. The van der Waals surface area contributed by atoms with Gasteiger partial charge < -0.3 is 5.11 Å². The van der Waals surface area contributed by atoms with Crippen molar-refractivity contribution in [1.29, 1.82) is 0 Å². The number of aliphatic hydroxyl groups is 1. The number of hydrogen-bond acceptors (Lipinski definition) is 2. The van der Waals surface area contributed by atoms with Gasteiger partial charge in [0.25, 0.3) is 0 Å². The maximum Gasteiger partial charge on any atom is 0.0883 e. The second-order valence-electron chi connectivity index (χ2n) is 5.55. The molecule has 1 N–H and O–H groups in total. The Morgan fingerprint density at radius 1 is 1.10 bits per heavy atom. The van der Waals surface area contributed by atoms with E-state index < -0.39 is 6.10 Å². The van der Waals surface area contributed by atoms with E-state index in [0.29, 0.717) is 5.75 Å². The van der Waals surface area contributed by atoms with Gasteiger partial charge in [0.15, 0.2) is 0 Å². The summed E-state index contributed by atoms with van der Waals surface area (Å²) in [5.41, 5.74) is 2.44. The Labute approximate surface area is 138 Å². The lowest BCUT2D eigenvalue weighted by Gasteiger charge is -2.26. The molecular formula is C18H19BrOS. The molecule has 1 saturated carbocycles. The molecule has 2 aromatic carbocycles. The molecule has 1 aliphatic carbocycles. The maximum absolute atomic E-state index is 10.3. The molecule has 3 rings (SSSR count). The van der Waals surface area contributed by atoms with Crippen LogP contribution in [0.25, 0.3) is 0 Å². The monoisotopic (exact) mass is 362 g/mol. The Hall–Kier alpha value is -0.770. The van der Waals surface area contributed by atoms with E-state index in [1.807, 2.05) is 18.2 Å². The van der Waals surface area contributed by atoms with Crippen molar-refractivity contribution in [3.63, 3.8) is 0 Å². The fraction of sp³-hybridized carbons (Fsp3) is 0.333. The summed E-state index contributed by atoms with van der Waals surface area (Å²) >= 11 is 5.22. The summed E-state index contributed by atoms with van der Waals surface area (Å²) in [6.45, 7) is 0. The summed E-state index contributed by atoms with van der Waals surface area (Å²) in [4.78, 5) is 1.17. The van der Waals surface area contributed by atoms with Crippen molar-refractivity contribution in [2.45, 2.75) is 36.2 Å². The topological polar surface area (TPSA) is 20.2 Å². The van der Waals surface area contributed by atoms with Gasteiger partial charge in [-0.15, -0.1) is 11.8 Å². The SMILES string of the molecule is OC(CSc1ccccc1Br)c1ccc(C2CCC2)cc1. The Balaban J connectivity index is 1.60. The Bertz CT molecular complexity index is 592. The molecule has 0 aliphatic heterocycles. The molecule has 1 aliphatic rings. The first kappa shape index (κ1) is 15.1. The first-order valence-corrected chi connectivity index (χ1v) is 9.17. The number of aliphatic hydroxyl groups excluding tert-OH is 1. The highest BCUT2D eigenvalue weighted by molar-refractivity contribution is 9.10. The van der Waals surface area contributed by atoms with Crippen molar-refractivity contribution in [2.24, 2.45) is 0 Å². The molecule has 110 valence electrons. The number of halogens is 1. The molecule has 0 bridgehead atoms. The highest BCUT2D eigenvalue weighted by Crippen LogP contribution is 2.37. The summed E-state index contributed by atoms with van der Waals surface area (Å²) in [6.07, 6.45) is 3.58. The van der Waals surface area contributed by atoms with E-state index in [1.165, 1.54) is 29.7 Å². The normalized spacial score (nSPS) is 16.5. The largest absolute Gasteiger partial charge is 0.388 e. The molecule has 0 radical (unpaired) electrons. The Morgan fingerprint density at radius 2 is 1.81 bits per heavy atom. The zero-order valence-electron chi connectivity index (χ0n) is 11.8. The van der Waals surface area contributed by atoms with Crippen LogP contribution in [0.5, 0.6) is 0 Å². The molecule has 0 spiro atoms. The summed E-state index contributed by atoms with van der Waals surface area (Å²) in [6, 6.07) is 16.7. The van der Waals surface area contributed by atoms with Crippen LogP contribution in [-0.4, -0.2) is 10.9 Å². The predicted molar refractivity (Wildman–Crippen MR) is 92.9 cm³/mol. The molecular weight excluding hydrogens is 344 g/mol. The van der Waals surface area contributed by atoms with E-state index in [9.17, 15) is 5.11 Å². The molecule has 1 nitrogen and oxygen atoms in total. The third-order valence-corrected chi connectivity index (χ3v) is 6.23. The zero-order chi connectivity index (χ0) is 14.7. The van der Waals surface area contributed by atoms with Crippen LogP contribution in [0, 0.1) is 0 Å². The number of hydrogen-bond donors (Lipinski definition) is 1. The fourth-order valence-electron chi connectivity index (χ4n) is 2.56. The minimum atomic E-state index is -0.419. The quantitative estimate of drug-likeness (QED) is 0.704. The van der Waals surface area contributed by atoms with Crippen LogP contribution in [0.4, 0.5) is 0 Å². The Kier molecular flexibility index (Phi) is 5.04. The third-order valence-electron chi connectivity index (χ3n) is 4.13. The molecule has 0 amide bonds. The van der Waals surface area contributed by atoms with Crippen molar-refractivity contribution < 1.29 is 5.11 Å². The van der Waals surface area contributed by atoms with E-state index in [-0.39, 0.29) is 0 Å². The summed E-state index contributed by atoms with van der Waals surface area (Å²) in [7, 11) is 0. The summed E-state index contributed by atoms with van der Waals surface area (Å²) < 4.78 is 1.09. The minimum absolute atomic E-state index is 0.419. The number of thioether (sulfide) groups is 1. The maximum atomic E-state index is 10.3. The van der Waals surface area contributed by atoms with E-state index >= 15 is 0 Å². The van der Waals surface area contributed by atoms with Gasteiger partial charge in [-0.1, -0.05) is 42.8 Å². The van der Waals surface area contributed by atoms with Gasteiger partial charge in [-0.3, -0.25) is 0 Å². The predicted octanol–water partition coefficient (Wildman–Crippen LogP) is 5.54. The average molecular weight is 363 g/mol.